The Balaban J connectivity index is 2.71. The summed E-state index contributed by atoms with van der Waals surface area (Å²) in [6, 6.07) is 0. The lowest BCUT2D eigenvalue weighted by Gasteiger charge is -2.10. The number of hydrogen-bond donors (Lipinski definition) is 2. The number of nitrogens with two attached hydrogens (primary N) is 1. The molecule has 1 unspecified atom stereocenters. The SMILES string of the molecule is CC(C)CCc1c(CN)nnn1CCC(C)O. The molecule has 0 saturated carbocycles. The highest BCUT2D eigenvalue weighted by molar-refractivity contribution is 5.10. The Morgan fingerprint density at radius 2 is 2.00 bits per heavy atom. The van der Waals surface area contributed by atoms with Crippen LogP contribution in [0.1, 0.15) is 45.0 Å². The van der Waals surface area contributed by atoms with Gasteiger partial charge in [-0.3, -0.25) is 0 Å². The largest absolute Gasteiger partial charge is 0.393 e. The molecule has 1 aromatic heterocycles. The third kappa shape index (κ3) is 4.44. The lowest BCUT2D eigenvalue weighted by molar-refractivity contribution is 0.175. The van der Waals surface area contributed by atoms with Gasteiger partial charge in [0, 0.05) is 13.1 Å². The fourth-order valence-electron chi connectivity index (χ4n) is 1.71. The summed E-state index contributed by atoms with van der Waals surface area (Å²) in [5.41, 5.74) is 7.67. The van der Waals surface area contributed by atoms with E-state index in [-0.39, 0.29) is 6.10 Å². The highest BCUT2D eigenvalue weighted by Crippen LogP contribution is 2.12. The van der Waals surface area contributed by atoms with Gasteiger partial charge in [0.25, 0.3) is 0 Å². The van der Waals surface area contributed by atoms with Gasteiger partial charge in [-0.05, 0) is 32.1 Å². The quantitative estimate of drug-likeness (QED) is 0.748. The summed E-state index contributed by atoms with van der Waals surface area (Å²) in [5, 5.41) is 17.5. The molecule has 1 aromatic rings. The van der Waals surface area contributed by atoms with Crippen LogP contribution in [0.25, 0.3) is 0 Å². The zero-order valence-corrected chi connectivity index (χ0v) is 11.1. The first-order valence-corrected chi connectivity index (χ1v) is 6.34. The van der Waals surface area contributed by atoms with Crippen molar-refractivity contribution in [3.05, 3.63) is 11.4 Å². The van der Waals surface area contributed by atoms with E-state index in [1.807, 2.05) is 4.68 Å². The van der Waals surface area contributed by atoms with Gasteiger partial charge in [-0.1, -0.05) is 19.1 Å². The maximum absolute atomic E-state index is 9.30. The maximum atomic E-state index is 9.30. The van der Waals surface area contributed by atoms with Crippen LogP contribution in [-0.2, 0) is 19.5 Å². The third-order valence-electron chi connectivity index (χ3n) is 2.83. The molecule has 0 amide bonds. The number of aliphatic hydroxyl groups excluding tert-OH is 1. The van der Waals surface area contributed by atoms with E-state index in [1.165, 1.54) is 0 Å². The molecule has 3 N–H and O–H groups in total. The van der Waals surface area contributed by atoms with Crippen molar-refractivity contribution in [1.29, 1.82) is 0 Å². The van der Waals surface area contributed by atoms with Crippen LogP contribution in [0.4, 0.5) is 0 Å². The Bertz CT molecular complexity index is 333. The molecule has 0 aliphatic carbocycles. The van der Waals surface area contributed by atoms with Crippen LogP contribution in [0.3, 0.4) is 0 Å². The predicted molar refractivity (Wildman–Crippen MR) is 67.4 cm³/mol. The first kappa shape index (κ1) is 14.1. The van der Waals surface area contributed by atoms with Crippen LogP contribution in [0.5, 0.6) is 0 Å². The molecule has 0 bridgehead atoms. The van der Waals surface area contributed by atoms with E-state index < -0.39 is 0 Å². The van der Waals surface area contributed by atoms with E-state index in [9.17, 15) is 5.11 Å². The second kappa shape index (κ2) is 6.71. The molecule has 5 heteroatoms. The summed E-state index contributed by atoms with van der Waals surface area (Å²) in [5.74, 6) is 0.653. The van der Waals surface area contributed by atoms with Gasteiger partial charge in [-0.25, -0.2) is 4.68 Å². The molecule has 1 heterocycles. The summed E-state index contributed by atoms with van der Waals surface area (Å²) in [7, 11) is 0. The van der Waals surface area contributed by atoms with E-state index in [0.29, 0.717) is 25.4 Å². The van der Waals surface area contributed by atoms with Crippen molar-refractivity contribution < 1.29 is 5.11 Å². The van der Waals surface area contributed by atoms with Gasteiger partial charge in [0.1, 0.15) is 0 Å². The number of rotatable bonds is 7. The average Bonchev–Trinajstić information content (AvgIpc) is 2.65. The number of aliphatic hydroxyl groups is 1. The molecule has 0 aliphatic heterocycles. The van der Waals surface area contributed by atoms with Crippen LogP contribution >= 0.6 is 0 Å². The zero-order chi connectivity index (χ0) is 12.8. The van der Waals surface area contributed by atoms with Crippen LogP contribution < -0.4 is 5.73 Å². The van der Waals surface area contributed by atoms with E-state index in [4.69, 9.17) is 5.73 Å². The number of hydrogen-bond acceptors (Lipinski definition) is 4. The zero-order valence-electron chi connectivity index (χ0n) is 11.1. The lowest BCUT2D eigenvalue weighted by atomic mass is 10.1. The minimum absolute atomic E-state index is 0.307. The lowest BCUT2D eigenvalue weighted by Crippen LogP contribution is -2.12. The Hall–Kier alpha value is -0.940. The third-order valence-corrected chi connectivity index (χ3v) is 2.83. The Kier molecular flexibility index (Phi) is 5.58. The van der Waals surface area contributed by atoms with Gasteiger partial charge < -0.3 is 10.8 Å². The molecule has 0 radical (unpaired) electrons. The van der Waals surface area contributed by atoms with Gasteiger partial charge in [0.2, 0.25) is 0 Å². The van der Waals surface area contributed by atoms with Gasteiger partial charge in [0.15, 0.2) is 0 Å². The molecule has 0 spiro atoms. The minimum atomic E-state index is -0.307. The average molecular weight is 240 g/mol. The van der Waals surface area contributed by atoms with Gasteiger partial charge in [-0.2, -0.15) is 0 Å². The van der Waals surface area contributed by atoms with Crippen molar-refractivity contribution in [1.82, 2.24) is 15.0 Å². The van der Waals surface area contributed by atoms with Crippen molar-refractivity contribution in [2.24, 2.45) is 11.7 Å². The number of nitrogens with zero attached hydrogens (tertiary/aromatic N) is 3. The maximum Gasteiger partial charge on any atom is 0.0994 e. The second-order valence-electron chi connectivity index (χ2n) is 4.98. The Morgan fingerprint density at radius 3 is 2.53 bits per heavy atom. The summed E-state index contributed by atoms with van der Waals surface area (Å²) in [4.78, 5) is 0. The van der Waals surface area contributed by atoms with Gasteiger partial charge in [0.05, 0.1) is 17.5 Å². The van der Waals surface area contributed by atoms with Gasteiger partial charge in [-0.15, -0.1) is 5.10 Å². The summed E-state index contributed by atoms with van der Waals surface area (Å²) >= 11 is 0. The predicted octanol–water partition coefficient (Wildman–Crippen LogP) is 1.10. The first-order valence-electron chi connectivity index (χ1n) is 6.34. The summed E-state index contributed by atoms with van der Waals surface area (Å²) in [6.07, 6.45) is 2.45. The van der Waals surface area contributed by atoms with E-state index in [0.717, 1.165) is 24.2 Å². The molecular formula is C12H24N4O. The Labute approximate surface area is 103 Å². The number of aryl methyl sites for hydroxylation is 1. The molecule has 98 valence electrons. The molecule has 5 nitrogen and oxygen atoms in total. The van der Waals surface area contributed by atoms with E-state index >= 15 is 0 Å². The molecule has 0 saturated heterocycles. The summed E-state index contributed by atoms with van der Waals surface area (Å²) in [6.45, 7) is 7.33. The summed E-state index contributed by atoms with van der Waals surface area (Å²) < 4.78 is 1.89. The normalized spacial score (nSPS) is 13.3. The van der Waals surface area contributed by atoms with Gasteiger partial charge >= 0.3 is 0 Å². The monoisotopic (exact) mass is 240 g/mol. The molecule has 0 aromatic carbocycles. The minimum Gasteiger partial charge on any atom is -0.393 e. The van der Waals surface area contributed by atoms with Crippen LogP contribution in [0.2, 0.25) is 0 Å². The fraction of sp³-hybridized carbons (Fsp3) is 0.833. The Morgan fingerprint density at radius 1 is 1.29 bits per heavy atom. The molecule has 1 atom stereocenters. The highest BCUT2D eigenvalue weighted by Gasteiger charge is 2.12. The van der Waals surface area contributed by atoms with E-state index in [2.05, 4.69) is 24.2 Å². The molecule has 17 heavy (non-hydrogen) atoms. The molecule has 0 aliphatic rings. The van der Waals surface area contributed by atoms with Crippen molar-refractivity contribution in [3.63, 3.8) is 0 Å². The van der Waals surface area contributed by atoms with Crippen molar-refractivity contribution in [2.75, 3.05) is 0 Å². The molecule has 0 fully saturated rings. The van der Waals surface area contributed by atoms with Crippen molar-refractivity contribution in [3.8, 4) is 0 Å². The fourth-order valence-corrected chi connectivity index (χ4v) is 1.71. The van der Waals surface area contributed by atoms with Crippen LogP contribution in [0, 0.1) is 5.92 Å². The second-order valence-corrected chi connectivity index (χ2v) is 4.98. The molecule has 1 rings (SSSR count). The van der Waals surface area contributed by atoms with Crippen LogP contribution in [-0.4, -0.2) is 26.2 Å². The number of aromatic nitrogens is 3. The topological polar surface area (TPSA) is 77.0 Å². The van der Waals surface area contributed by atoms with Crippen LogP contribution in [0.15, 0.2) is 0 Å². The first-order chi connectivity index (χ1) is 8.04. The van der Waals surface area contributed by atoms with Crippen molar-refractivity contribution in [2.45, 2.75) is 59.2 Å². The standard InChI is InChI=1S/C12H24N4O/c1-9(2)4-5-12-11(8-13)14-15-16(12)7-6-10(3)17/h9-10,17H,4-8,13H2,1-3H3. The highest BCUT2D eigenvalue weighted by atomic mass is 16.3. The molecular weight excluding hydrogens is 216 g/mol. The smallest absolute Gasteiger partial charge is 0.0994 e. The van der Waals surface area contributed by atoms with E-state index in [1.54, 1.807) is 6.92 Å². The van der Waals surface area contributed by atoms with Crippen molar-refractivity contribution >= 4 is 0 Å².